The lowest BCUT2D eigenvalue weighted by Gasteiger charge is -2.01. The zero-order valence-electron chi connectivity index (χ0n) is 7.44. The van der Waals surface area contributed by atoms with E-state index in [4.69, 9.17) is 0 Å². The Hall–Kier alpha value is -1.25. The minimum absolute atomic E-state index is 0.255. The molecule has 1 N–H and O–H groups in total. The highest BCUT2D eigenvalue weighted by Gasteiger charge is 1.93. The Morgan fingerprint density at radius 3 is 2.92 bits per heavy atom. The van der Waals surface area contributed by atoms with Crippen molar-refractivity contribution in [1.29, 1.82) is 0 Å². The number of pyridine rings is 1. The number of rotatable bonds is 2. The first-order valence-corrected chi connectivity index (χ1v) is 4.14. The minimum Gasteiger partial charge on any atom is -0.427 e. The van der Waals surface area contributed by atoms with Crippen LogP contribution in [0, 0.1) is 0 Å². The van der Waals surface area contributed by atoms with Gasteiger partial charge in [-0.25, -0.2) is 0 Å². The molecule has 1 rings (SSSR count). The van der Waals surface area contributed by atoms with E-state index in [0.29, 0.717) is 5.49 Å². The van der Waals surface area contributed by atoms with E-state index in [-0.39, 0.29) is 6.04 Å². The maximum Gasteiger partial charge on any atom is 0.163 e. The third-order valence-corrected chi connectivity index (χ3v) is 1.76. The van der Waals surface area contributed by atoms with E-state index in [1.54, 1.807) is 18.3 Å². The molecule has 0 fully saturated rings. The molecule has 3 heteroatoms. The highest BCUT2D eigenvalue weighted by atomic mass is 16.5. The van der Waals surface area contributed by atoms with Gasteiger partial charge in [0.15, 0.2) is 5.49 Å². The topological polar surface area (TPSA) is 37.5 Å². The van der Waals surface area contributed by atoms with Crippen molar-refractivity contribution in [3.05, 3.63) is 29.9 Å². The second-order valence-electron chi connectivity index (χ2n) is 2.79. The average Bonchev–Trinajstić information content (AvgIpc) is 2.09. The van der Waals surface area contributed by atoms with Crippen LogP contribution in [0.3, 0.4) is 0 Å². The fourth-order valence-electron chi connectivity index (χ4n) is 0.845. The molecular weight excluding hydrogens is 152 g/mol. The van der Waals surface area contributed by atoms with Crippen LogP contribution in [-0.2, 0) is 0 Å². The second kappa shape index (κ2) is 3.95. The summed E-state index contributed by atoms with van der Waals surface area (Å²) in [4.78, 5) is 4.29. The van der Waals surface area contributed by atoms with Crippen LogP contribution >= 0.6 is 0 Å². The van der Waals surface area contributed by atoms with Gasteiger partial charge in [-0.1, -0.05) is 13.0 Å². The Morgan fingerprint density at radius 1 is 1.58 bits per heavy atom. The summed E-state index contributed by atoms with van der Waals surface area (Å²) in [5.41, 5.74) is 0.604. The van der Waals surface area contributed by atoms with Crippen LogP contribution in [0.2, 0.25) is 0 Å². The molecule has 0 spiro atoms. The molecule has 0 saturated heterocycles. The largest absolute Gasteiger partial charge is 0.427 e. The summed E-state index contributed by atoms with van der Waals surface area (Å²) in [6.07, 6.45) is 2.55. The summed E-state index contributed by atoms with van der Waals surface area (Å²) in [5, 5.41) is 9.28. The Bertz CT molecular complexity index is 303. The molecule has 1 aromatic rings. The molecule has 3 nitrogen and oxygen atoms in total. The predicted molar refractivity (Wildman–Crippen MR) is 46.9 cm³/mol. The van der Waals surface area contributed by atoms with Crippen LogP contribution in [0.1, 0.15) is 20.3 Å². The van der Waals surface area contributed by atoms with E-state index in [1.165, 1.54) is 0 Å². The Morgan fingerprint density at radius 2 is 2.33 bits per heavy atom. The van der Waals surface area contributed by atoms with Crippen molar-refractivity contribution < 1.29 is 5.21 Å². The molecule has 1 heterocycles. The van der Waals surface area contributed by atoms with Crippen molar-refractivity contribution in [2.24, 2.45) is 4.99 Å². The van der Waals surface area contributed by atoms with Gasteiger partial charge >= 0.3 is 0 Å². The highest BCUT2D eigenvalue weighted by Crippen LogP contribution is 1.92. The molecule has 12 heavy (non-hydrogen) atoms. The smallest absolute Gasteiger partial charge is 0.163 e. The van der Waals surface area contributed by atoms with Crippen molar-refractivity contribution >= 4 is 0 Å². The quantitative estimate of drug-likeness (QED) is 0.663. The normalized spacial score (nSPS) is 14.7. The van der Waals surface area contributed by atoms with Crippen LogP contribution in [-0.4, -0.2) is 16.0 Å². The summed E-state index contributed by atoms with van der Waals surface area (Å²) in [7, 11) is 0. The van der Waals surface area contributed by atoms with Crippen molar-refractivity contribution in [1.82, 2.24) is 4.73 Å². The standard InChI is InChI=1S/C9H14N2O/c1-3-8(2)10-9-6-4-5-7-11(9)12/h4-8,12H,3H2,1-2H3. The molecule has 1 atom stereocenters. The zero-order valence-corrected chi connectivity index (χ0v) is 7.44. The molecule has 0 aromatic carbocycles. The van der Waals surface area contributed by atoms with Gasteiger partial charge in [0.25, 0.3) is 0 Å². The van der Waals surface area contributed by atoms with Gasteiger partial charge < -0.3 is 5.21 Å². The van der Waals surface area contributed by atoms with Crippen molar-refractivity contribution in [2.75, 3.05) is 0 Å². The first-order valence-electron chi connectivity index (χ1n) is 4.14. The van der Waals surface area contributed by atoms with Crippen LogP contribution in [0.25, 0.3) is 0 Å². The van der Waals surface area contributed by atoms with Gasteiger partial charge in [-0.3, -0.25) is 4.99 Å². The Kier molecular flexibility index (Phi) is 2.91. The molecular formula is C9H14N2O. The third-order valence-electron chi connectivity index (χ3n) is 1.76. The summed E-state index contributed by atoms with van der Waals surface area (Å²) < 4.78 is 1.03. The molecule has 1 aromatic heterocycles. The third kappa shape index (κ3) is 2.12. The van der Waals surface area contributed by atoms with Gasteiger partial charge in [0.2, 0.25) is 0 Å². The fraction of sp³-hybridized carbons (Fsp3) is 0.444. The Balaban J connectivity index is 3.01. The van der Waals surface area contributed by atoms with Crippen LogP contribution in [0.4, 0.5) is 0 Å². The van der Waals surface area contributed by atoms with Crippen molar-refractivity contribution in [2.45, 2.75) is 26.3 Å². The lowest BCUT2D eigenvalue weighted by atomic mass is 10.3. The van der Waals surface area contributed by atoms with Crippen molar-refractivity contribution in [3.63, 3.8) is 0 Å². The zero-order chi connectivity index (χ0) is 8.97. The molecule has 1 unspecified atom stereocenters. The summed E-state index contributed by atoms with van der Waals surface area (Å²) in [6.45, 7) is 4.09. The fourth-order valence-corrected chi connectivity index (χ4v) is 0.845. The molecule has 66 valence electrons. The predicted octanol–water partition coefficient (Wildman–Crippen LogP) is 1.42. The first-order chi connectivity index (χ1) is 5.74. The number of hydrogen-bond donors (Lipinski definition) is 1. The van der Waals surface area contributed by atoms with Gasteiger partial charge in [0, 0.05) is 12.2 Å². The van der Waals surface area contributed by atoms with Crippen LogP contribution < -0.4 is 5.49 Å². The number of aromatic nitrogens is 1. The Labute approximate surface area is 72.0 Å². The van der Waals surface area contributed by atoms with Crippen LogP contribution in [0.5, 0.6) is 0 Å². The van der Waals surface area contributed by atoms with Gasteiger partial charge in [0.05, 0.1) is 0 Å². The van der Waals surface area contributed by atoms with Crippen LogP contribution in [0.15, 0.2) is 29.4 Å². The monoisotopic (exact) mass is 166 g/mol. The average molecular weight is 166 g/mol. The van der Waals surface area contributed by atoms with E-state index < -0.39 is 0 Å². The highest BCUT2D eigenvalue weighted by molar-refractivity contribution is 4.91. The summed E-state index contributed by atoms with van der Waals surface area (Å²) >= 11 is 0. The van der Waals surface area contributed by atoms with E-state index in [2.05, 4.69) is 11.9 Å². The maximum absolute atomic E-state index is 9.28. The molecule has 0 aliphatic rings. The number of hydrogen-bond acceptors (Lipinski definition) is 2. The molecule has 0 radical (unpaired) electrons. The van der Waals surface area contributed by atoms with Gasteiger partial charge in [-0.05, 0) is 25.5 Å². The summed E-state index contributed by atoms with van der Waals surface area (Å²) in [5.74, 6) is 0. The molecule has 0 amide bonds. The van der Waals surface area contributed by atoms with E-state index in [1.807, 2.05) is 13.0 Å². The van der Waals surface area contributed by atoms with E-state index in [9.17, 15) is 5.21 Å². The first kappa shape index (κ1) is 8.84. The lowest BCUT2D eigenvalue weighted by molar-refractivity contribution is 0.170. The van der Waals surface area contributed by atoms with Crippen molar-refractivity contribution in [3.8, 4) is 0 Å². The minimum atomic E-state index is 0.255. The van der Waals surface area contributed by atoms with Gasteiger partial charge in [-0.15, -0.1) is 0 Å². The van der Waals surface area contributed by atoms with E-state index in [0.717, 1.165) is 11.2 Å². The van der Waals surface area contributed by atoms with Gasteiger partial charge in [0.1, 0.15) is 0 Å². The number of nitrogens with zero attached hydrogens (tertiary/aromatic N) is 2. The molecule has 0 bridgehead atoms. The SMILES string of the molecule is CCC(C)N=c1ccccn1O. The maximum atomic E-state index is 9.28. The molecule has 0 aliphatic carbocycles. The van der Waals surface area contributed by atoms with E-state index >= 15 is 0 Å². The molecule has 0 saturated carbocycles. The van der Waals surface area contributed by atoms with Gasteiger partial charge in [-0.2, -0.15) is 4.73 Å². The second-order valence-corrected chi connectivity index (χ2v) is 2.79. The molecule has 0 aliphatic heterocycles. The lowest BCUT2D eigenvalue weighted by Crippen LogP contribution is -2.19. The summed E-state index contributed by atoms with van der Waals surface area (Å²) in [6, 6.07) is 5.65.